The third-order valence-electron chi connectivity index (χ3n) is 4.24. The summed E-state index contributed by atoms with van der Waals surface area (Å²) in [5, 5.41) is 15.1. The molecule has 1 aliphatic rings. The van der Waals surface area contributed by atoms with E-state index in [1.807, 2.05) is 0 Å². The van der Waals surface area contributed by atoms with Gasteiger partial charge in [-0.1, -0.05) is 0 Å². The quantitative estimate of drug-likeness (QED) is 0.679. The second-order valence-electron chi connectivity index (χ2n) is 6.00. The van der Waals surface area contributed by atoms with E-state index in [1.165, 1.54) is 12.1 Å². The number of piperidine rings is 1. The molecule has 1 aromatic heterocycles. The van der Waals surface area contributed by atoms with E-state index in [0.717, 1.165) is 12.8 Å². The summed E-state index contributed by atoms with van der Waals surface area (Å²) in [5.41, 5.74) is 7.61. The molecule has 3 rings (SSSR count). The van der Waals surface area contributed by atoms with Crippen molar-refractivity contribution in [1.82, 2.24) is 14.7 Å². The number of hydrogen-bond acceptors (Lipinski definition) is 5. The third kappa shape index (κ3) is 3.13. The normalized spacial score (nSPS) is 15.5. The predicted molar refractivity (Wildman–Crippen MR) is 88.4 cm³/mol. The number of carbonyl (C=O) groups excluding carboxylic acids is 1. The van der Waals surface area contributed by atoms with Crippen LogP contribution in [-0.4, -0.2) is 44.6 Å². The molecule has 0 radical (unpaired) electrons. The van der Waals surface area contributed by atoms with Gasteiger partial charge in [0.2, 0.25) is 0 Å². The van der Waals surface area contributed by atoms with Crippen LogP contribution in [0.15, 0.2) is 30.5 Å². The summed E-state index contributed by atoms with van der Waals surface area (Å²) < 4.78 is 1.58. The van der Waals surface area contributed by atoms with E-state index >= 15 is 0 Å². The Balaban J connectivity index is 1.90. The minimum Gasteiger partial charge on any atom is -0.338 e. The van der Waals surface area contributed by atoms with Gasteiger partial charge in [0.15, 0.2) is 0 Å². The third-order valence-corrected chi connectivity index (χ3v) is 4.24. The predicted octanol–water partition coefficient (Wildman–Crippen LogP) is 1.56. The summed E-state index contributed by atoms with van der Waals surface area (Å²) in [6, 6.07) is 6.21. The van der Waals surface area contributed by atoms with E-state index in [2.05, 4.69) is 5.10 Å². The van der Waals surface area contributed by atoms with E-state index in [-0.39, 0.29) is 17.6 Å². The summed E-state index contributed by atoms with van der Waals surface area (Å²) >= 11 is 0. The highest BCUT2D eigenvalue weighted by atomic mass is 16.6. The summed E-state index contributed by atoms with van der Waals surface area (Å²) in [6.07, 6.45) is 3.27. The minimum atomic E-state index is -0.453. The number of rotatable bonds is 3. The minimum absolute atomic E-state index is 0.00701. The number of carbonyl (C=O) groups is 1. The number of likely N-dealkylation sites (tertiary alicyclic amines) is 1. The molecular formula is C16H19N5O3. The Labute approximate surface area is 139 Å². The number of amides is 1. The first kappa shape index (κ1) is 16.1. The van der Waals surface area contributed by atoms with Crippen molar-refractivity contribution in [1.29, 1.82) is 0 Å². The zero-order valence-corrected chi connectivity index (χ0v) is 13.4. The van der Waals surface area contributed by atoms with Crippen LogP contribution in [-0.2, 0) is 7.05 Å². The van der Waals surface area contributed by atoms with Gasteiger partial charge in [0.05, 0.1) is 10.5 Å². The first-order chi connectivity index (χ1) is 11.5. The van der Waals surface area contributed by atoms with Gasteiger partial charge in [-0.3, -0.25) is 19.6 Å². The smallest absolute Gasteiger partial charge is 0.269 e. The van der Waals surface area contributed by atoms with Crippen LogP contribution in [0.3, 0.4) is 0 Å². The van der Waals surface area contributed by atoms with Gasteiger partial charge < -0.3 is 10.6 Å². The molecule has 0 bridgehead atoms. The summed E-state index contributed by atoms with van der Waals surface area (Å²) in [4.78, 5) is 24.9. The lowest BCUT2D eigenvalue weighted by Crippen LogP contribution is -2.42. The topological polar surface area (TPSA) is 107 Å². The lowest BCUT2D eigenvalue weighted by Gasteiger charge is -2.30. The van der Waals surface area contributed by atoms with E-state index in [0.29, 0.717) is 29.9 Å². The fourth-order valence-corrected chi connectivity index (χ4v) is 2.87. The number of nitro groups is 1. The number of non-ortho nitro benzene ring substituents is 1. The van der Waals surface area contributed by atoms with Crippen molar-refractivity contribution < 1.29 is 9.72 Å². The molecule has 126 valence electrons. The van der Waals surface area contributed by atoms with Gasteiger partial charge in [-0.25, -0.2) is 0 Å². The Hall–Kier alpha value is -2.74. The molecule has 0 saturated carbocycles. The molecule has 0 spiro atoms. The number of hydrogen-bond donors (Lipinski definition) is 1. The summed E-state index contributed by atoms with van der Waals surface area (Å²) in [6.45, 7) is 1.27. The lowest BCUT2D eigenvalue weighted by atomic mass is 10.0. The van der Waals surface area contributed by atoms with Crippen molar-refractivity contribution in [2.24, 2.45) is 12.8 Å². The van der Waals surface area contributed by atoms with E-state index in [9.17, 15) is 14.9 Å². The van der Waals surface area contributed by atoms with Crippen LogP contribution in [0.5, 0.6) is 0 Å². The maximum atomic E-state index is 12.8. The molecule has 24 heavy (non-hydrogen) atoms. The van der Waals surface area contributed by atoms with Crippen molar-refractivity contribution >= 4 is 11.6 Å². The average molecular weight is 329 g/mol. The maximum Gasteiger partial charge on any atom is 0.269 e. The van der Waals surface area contributed by atoms with Crippen molar-refractivity contribution in [2.45, 2.75) is 18.9 Å². The molecule has 1 amide bonds. The molecule has 8 nitrogen and oxygen atoms in total. The number of aromatic nitrogens is 2. The van der Waals surface area contributed by atoms with Gasteiger partial charge in [-0.05, 0) is 25.0 Å². The van der Waals surface area contributed by atoms with Crippen LogP contribution in [0.4, 0.5) is 5.69 Å². The van der Waals surface area contributed by atoms with Crippen LogP contribution in [0.1, 0.15) is 23.2 Å². The number of nitrogens with zero attached hydrogens (tertiary/aromatic N) is 4. The Bertz CT molecular complexity index is 761. The first-order valence-electron chi connectivity index (χ1n) is 7.79. The van der Waals surface area contributed by atoms with Crippen molar-refractivity contribution in [3.05, 3.63) is 46.1 Å². The van der Waals surface area contributed by atoms with E-state index in [4.69, 9.17) is 5.73 Å². The van der Waals surface area contributed by atoms with Crippen molar-refractivity contribution in [3.8, 4) is 11.3 Å². The molecule has 8 heteroatoms. The second kappa shape index (κ2) is 6.40. The Kier molecular flexibility index (Phi) is 4.30. The largest absolute Gasteiger partial charge is 0.338 e. The Morgan fingerprint density at radius 2 is 1.92 bits per heavy atom. The molecule has 1 aromatic carbocycles. The maximum absolute atomic E-state index is 12.8. The summed E-state index contributed by atoms with van der Waals surface area (Å²) in [5.74, 6) is -0.0802. The molecule has 0 unspecified atom stereocenters. The van der Waals surface area contributed by atoms with Crippen molar-refractivity contribution in [3.63, 3.8) is 0 Å². The Morgan fingerprint density at radius 3 is 2.50 bits per heavy atom. The highest BCUT2D eigenvalue weighted by molar-refractivity contribution is 5.99. The molecule has 0 aliphatic carbocycles. The number of aryl methyl sites for hydroxylation is 1. The monoisotopic (exact) mass is 329 g/mol. The summed E-state index contributed by atoms with van der Waals surface area (Å²) in [7, 11) is 1.75. The standard InChI is InChI=1S/C16H19N5O3/c1-19-10-14(16(22)20-8-6-12(17)7-9-20)15(18-19)11-2-4-13(5-3-11)21(23)24/h2-5,10,12H,6-9,17H2,1H3. The van der Waals surface area contributed by atoms with Crippen LogP contribution < -0.4 is 5.73 Å². The SMILES string of the molecule is Cn1cc(C(=O)N2CCC(N)CC2)c(-c2ccc([N+](=O)[O-])cc2)n1. The van der Waals surface area contributed by atoms with Crippen LogP contribution in [0.25, 0.3) is 11.3 Å². The van der Waals surface area contributed by atoms with Gasteiger partial charge in [-0.2, -0.15) is 5.10 Å². The molecule has 2 heterocycles. The molecule has 0 atom stereocenters. The fourth-order valence-electron chi connectivity index (χ4n) is 2.87. The van der Waals surface area contributed by atoms with Crippen LogP contribution in [0.2, 0.25) is 0 Å². The van der Waals surface area contributed by atoms with Gasteiger partial charge in [0.25, 0.3) is 11.6 Å². The van der Waals surface area contributed by atoms with Gasteiger partial charge >= 0.3 is 0 Å². The molecular weight excluding hydrogens is 310 g/mol. The molecule has 1 saturated heterocycles. The molecule has 2 aromatic rings. The molecule has 1 aliphatic heterocycles. The number of nitro benzene ring substituents is 1. The molecule has 1 fully saturated rings. The highest BCUT2D eigenvalue weighted by Gasteiger charge is 2.26. The molecule has 2 N–H and O–H groups in total. The number of benzene rings is 1. The van der Waals surface area contributed by atoms with E-state index in [1.54, 1.807) is 35.0 Å². The average Bonchev–Trinajstić information content (AvgIpc) is 2.97. The zero-order chi connectivity index (χ0) is 17.3. The number of nitrogens with two attached hydrogens (primary N) is 1. The van der Waals surface area contributed by atoms with Gasteiger partial charge in [0, 0.05) is 50.1 Å². The van der Waals surface area contributed by atoms with Gasteiger partial charge in [-0.15, -0.1) is 0 Å². The van der Waals surface area contributed by atoms with Gasteiger partial charge in [0.1, 0.15) is 5.69 Å². The van der Waals surface area contributed by atoms with Crippen molar-refractivity contribution in [2.75, 3.05) is 13.1 Å². The fraction of sp³-hybridized carbons (Fsp3) is 0.375. The Morgan fingerprint density at radius 1 is 1.29 bits per heavy atom. The van der Waals surface area contributed by atoms with E-state index < -0.39 is 4.92 Å². The zero-order valence-electron chi connectivity index (χ0n) is 13.4. The highest BCUT2D eigenvalue weighted by Crippen LogP contribution is 2.26. The first-order valence-corrected chi connectivity index (χ1v) is 7.79. The lowest BCUT2D eigenvalue weighted by molar-refractivity contribution is -0.384. The second-order valence-corrected chi connectivity index (χ2v) is 6.00. The van der Waals surface area contributed by atoms with Crippen LogP contribution in [0, 0.1) is 10.1 Å². The van der Waals surface area contributed by atoms with Crippen LogP contribution >= 0.6 is 0 Å².